The summed E-state index contributed by atoms with van der Waals surface area (Å²) in [6.07, 6.45) is 3.12. The Kier molecular flexibility index (Phi) is 4.52. The molecule has 1 aromatic heterocycles. The molecule has 1 atom stereocenters. The van der Waals surface area contributed by atoms with Crippen molar-refractivity contribution in [3.05, 3.63) is 18.0 Å². The van der Waals surface area contributed by atoms with Crippen LogP contribution in [0.5, 0.6) is 0 Å². The van der Waals surface area contributed by atoms with E-state index in [2.05, 4.69) is 22.4 Å². The van der Waals surface area contributed by atoms with Gasteiger partial charge in [0.1, 0.15) is 0 Å². The molecule has 1 unspecified atom stereocenters. The zero-order valence-corrected chi connectivity index (χ0v) is 9.23. The summed E-state index contributed by atoms with van der Waals surface area (Å²) in [5.74, 6) is 1.95. The third-order valence-electron chi connectivity index (χ3n) is 1.71. The molecule has 2 N–H and O–H groups in total. The van der Waals surface area contributed by atoms with Crippen LogP contribution >= 0.6 is 11.8 Å². The number of amides is 1. The van der Waals surface area contributed by atoms with E-state index in [-0.39, 0.29) is 11.9 Å². The van der Waals surface area contributed by atoms with Gasteiger partial charge < -0.3 is 5.32 Å². The number of rotatable bonds is 5. The average molecular weight is 213 g/mol. The number of aromatic nitrogens is 2. The first-order valence-electron chi connectivity index (χ1n) is 4.61. The fraction of sp³-hybridized carbons (Fsp3) is 0.556. The van der Waals surface area contributed by atoms with Crippen molar-refractivity contribution >= 4 is 17.7 Å². The summed E-state index contributed by atoms with van der Waals surface area (Å²) in [6, 6.07) is 0.197. The lowest BCUT2D eigenvalue weighted by Crippen LogP contribution is -2.34. The summed E-state index contributed by atoms with van der Waals surface area (Å²) in [5, 5.41) is 9.23. The molecule has 0 fully saturated rings. The second-order valence-corrected chi connectivity index (χ2v) is 4.34. The van der Waals surface area contributed by atoms with Gasteiger partial charge in [-0.3, -0.25) is 9.89 Å². The van der Waals surface area contributed by atoms with Gasteiger partial charge in [-0.2, -0.15) is 16.9 Å². The minimum Gasteiger partial charge on any atom is -0.349 e. The minimum absolute atomic E-state index is 0.0667. The van der Waals surface area contributed by atoms with Crippen molar-refractivity contribution in [1.29, 1.82) is 0 Å². The van der Waals surface area contributed by atoms with E-state index in [0.29, 0.717) is 5.56 Å². The quantitative estimate of drug-likeness (QED) is 0.774. The third kappa shape index (κ3) is 3.41. The number of thioether (sulfide) groups is 1. The Morgan fingerprint density at radius 1 is 1.79 bits per heavy atom. The average Bonchev–Trinajstić information content (AvgIpc) is 2.67. The molecule has 0 saturated heterocycles. The topological polar surface area (TPSA) is 57.8 Å². The Labute approximate surface area is 87.9 Å². The molecule has 0 saturated carbocycles. The number of H-pyrrole nitrogens is 1. The lowest BCUT2D eigenvalue weighted by Gasteiger charge is -2.11. The predicted octanol–water partition coefficient (Wildman–Crippen LogP) is 1.28. The van der Waals surface area contributed by atoms with Crippen LogP contribution in [0.1, 0.15) is 24.2 Å². The lowest BCUT2D eigenvalue weighted by molar-refractivity contribution is 0.0944. The normalized spacial score (nSPS) is 12.4. The number of hydrogen-bond donors (Lipinski definition) is 2. The number of nitrogens with one attached hydrogen (secondary N) is 2. The van der Waals surface area contributed by atoms with Crippen molar-refractivity contribution in [2.45, 2.75) is 19.9 Å². The molecule has 0 aliphatic rings. The highest BCUT2D eigenvalue weighted by Gasteiger charge is 2.09. The number of nitrogens with zero attached hydrogens (tertiary/aromatic N) is 1. The molecule has 1 amide bonds. The first-order chi connectivity index (χ1) is 6.74. The van der Waals surface area contributed by atoms with Gasteiger partial charge >= 0.3 is 0 Å². The molecule has 0 aliphatic heterocycles. The van der Waals surface area contributed by atoms with E-state index in [4.69, 9.17) is 0 Å². The molecule has 0 radical (unpaired) electrons. The van der Waals surface area contributed by atoms with Gasteiger partial charge in [0.05, 0.1) is 11.8 Å². The number of hydrogen-bond acceptors (Lipinski definition) is 3. The SMILES string of the molecule is CCSCC(C)NC(=O)c1cn[nH]c1. The first kappa shape index (κ1) is 11.1. The highest BCUT2D eigenvalue weighted by Crippen LogP contribution is 2.02. The second-order valence-electron chi connectivity index (χ2n) is 3.02. The van der Waals surface area contributed by atoms with E-state index < -0.39 is 0 Å². The Hall–Kier alpha value is -0.970. The van der Waals surface area contributed by atoms with E-state index in [1.807, 2.05) is 18.7 Å². The van der Waals surface area contributed by atoms with Crippen molar-refractivity contribution in [2.75, 3.05) is 11.5 Å². The van der Waals surface area contributed by atoms with Crippen LogP contribution in [0.25, 0.3) is 0 Å². The van der Waals surface area contributed by atoms with Gasteiger partial charge in [-0.1, -0.05) is 6.92 Å². The van der Waals surface area contributed by atoms with Crippen molar-refractivity contribution in [3.63, 3.8) is 0 Å². The minimum atomic E-state index is -0.0667. The Morgan fingerprint density at radius 3 is 3.14 bits per heavy atom. The Bertz CT molecular complexity index is 274. The van der Waals surface area contributed by atoms with E-state index in [0.717, 1.165) is 11.5 Å². The summed E-state index contributed by atoms with van der Waals surface area (Å²) < 4.78 is 0. The van der Waals surface area contributed by atoms with Gasteiger partial charge in [-0.25, -0.2) is 0 Å². The highest BCUT2D eigenvalue weighted by atomic mass is 32.2. The summed E-state index contributed by atoms with van der Waals surface area (Å²) in [4.78, 5) is 11.5. The molecule has 0 bridgehead atoms. The van der Waals surface area contributed by atoms with Crippen molar-refractivity contribution in [2.24, 2.45) is 0 Å². The first-order valence-corrected chi connectivity index (χ1v) is 5.77. The number of carbonyl (C=O) groups excluding carboxylic acids is 1. The summed E-state index contributed by atoms with van der Waals surface area (Å²) in [7, 11) is 0. The molecular formula is C9H15N3OS. The fourth-order valence-electron chi connectivity index (χ4n) is 1.02. The standard InChI is InChI=1S/C9H15N3OS/c1-3-14-6-7(2)12-9(13)8-4-10-11-5-8/h4-5,7H,3,6H2,1-2H3,(H,10,11)(H,12,13). The summed E-state index contributed by atoms with van der Waals surface area (Å²) >= 11 is 1.82. The van der Waals surface area contributed by atoms with E-state index in [1.54, 1.807) is 6.20 Å². The molecule has 5 heteroatoms. The van der Waals surface area contributed by atoms with E-state index >= 15 is 0 Å². The zero-order valence-electron chi connectivity index (χ0n) is 8.41. The van der Waals surface area contributed by atoms with Crippen LogP contribution in [0.2, 0.25) is 0 Å². The van der Waals surface area contributed by atoms with Crippen LogP contribution in [-0.2, 0) is 0 Å². The molecular weight excluding hydrogens is 198 g/mol. The van der Waals surface area contributed by atoms with Gasteiger partial charge in [0.2, 0.25) is 0 Å². The van der Waals surface area contributed by atoms with Gasteiger partial charge in [0.25, 0.3) is 5.91 Å². The molecule has 0 spiro atoms. The highest BCUT2D eigenvalue weighted by molar-refractivity contribution is 7.99. The lowest BCUT2D eigenvalue weighted by atomic mass is 10.3. The molecule has 1 heterocycles. The summed E-state index contributed by atoms with van der Waals surface area (Å²) in [6.45, 7) is 4.11. The third-order valence-corrected chi connectivity index (χ3v) is 2.85. The van der Waals surface area contributed by atoms with Gasteiger partial charge in [0, 0.05) is 18.0 Å². The van der Waals surface area contributed by atoms with Crippen molar-refractivity contribution < 1.29 is 4.79 Å². The molecule has 78 valence electrons. The molecule has 0 aliphatic carbocycles. The Morgan fingerprint density at radius 2 is 2.57 bits per heavy atom. The molecule has 0 aromatic carbocycles. The van der Waals surface area contributed by atoms with Gasteiger partial charge in [-0.05, 0) is 12.7 Å². The molecule has 4 nitrogen and oxygen atoms in total. The number of aromatic amines is 1. The zero-order chi connectivity index (χ0) is 10.4. The van der Waals surface area contributed by atoms with E-state index in [1.165, 1.54) is 6.20 Å². The fourth-order valence-corrected chi connectivity index (χ4v) is 1.69. The van der Waals surface area contributed by atoms with Crippen molar-refractivity contribution in [3.8, 4) is 0 Å². The maximum absolute atomic E-state index is 11.5. The van der Waals surface area contributed by atoms with E-state index in [9.17, 15) is 4.79 Å². The summed E-state index contributed by atoms with van der Waals surface area (Å²) in [5.41, 5.74) is 0.582. The number of carbonyl (C=O) groups is 1. The second kappa shape index (κ2) is 5.70. The maximum atomic E-state index is 11.5. The van der Waals surface area contributed by atoms with Crippen LogP contribution in [0.4, 0.5) is 0 Å². The van der Waals surface area contributed by atoms with Gasteiger partial charge in [-0.15, -0.1) is 0 Å². The van der Waals surface area contributed by atoms with Crippen LogP contribution in [0.15, 0.2) is 12.4 Å². The van der Waals surface area contributed by atoms with Crippen molar-refractivity contribution in [1.82, 2.24) is 15.5 Å². The Balaban J connectivity index is 2.34. The smallest absolute Gasteiger partial charge is 0.254 e. The molecule has 1 aromatic rings. The van der Waals surface area contributed by atoms with Crippen LogP contribution in [0.3, 0.4) is 0 Å². The molecule has 1 rings (SSSR count). The van der Waals surface area contributed by atoms with Crippen LogP contribution in [-0.4, -0.2) is 33.7 Å². The maximum Gasteiger partial charge on any atom is 0.254 e. The monoisotopic (exact) mass is 213 g/mol. The van der Waals surface area contributed by atoms with Crippen LogP contribution < -0.4 is 5.32 Å². The van der Waals surface area contributed by atoms with Crippen LogP contribution in [0, 0.1) is 0 Å². The molecule has 14 heavy (non-hydrogen) atoms. The van der Waals surface area contributed by atoms with Gasteiger partial charge in [0.15, 0.2) is 0 Å². The predicted molar refractivity (Wildman–Crippen MR) is 58.5 cm³/mol. The largest absolute Gasteiger partial charge is 0.349 e.